The highest BCUT2D eigenvalue weighted by atomic mass is 32.1. The summed E-state index contributed by atoms with van der Waals surface area (Å²) < 4.78 is 11.1. The Morgan fingerprint density at radius 3 is 2.44 bits per heavy atom. The topological polar surface area (TPSA) is 67.9 Å². The Kier molecular flexibility index (Phi) is 6.87. The number of anilines is 1. The summed E-state index contributed by atoms with van der Waals surface area (Å²) in [6.45, 7) is 6.82. The van der Waals surface area contributed by atoms with Gasteiger partial charge in [0.05, 0.1) is 12.2 Å². The van der Waals surface area contributed by atoms with Gasteiger partial charge in [0, 0.05) is 23.5 Å². The second kappa shape index (κ2) is 9.97. The zero-order valence-corrected chi connectivity index (χ0v) is 19.0. The molecule has 6 nitrogen and oxygen atoms in total. The highest BCUT2D eigenvalue weighted by Gasteiger charge is 2.29. The van der Waals surface area contributed by atoms with Gasteiger partial charge in [0.1, 0.15) is 16.5 Å². The lowest BCUT2D eigenvalue weighted by atomic mass is 10.0. The fourth-order valence-electron chi connectivity index (χ4n) is 3.71. The van der Waals surface area contributed by atoms with Crippen molar-refractivity contribution in [3.8, 4) is 11.5 Å². The fraction of sp³-hybridized carbons (Fsp3) is 0.280. The lowest BCUT2D eigenvalue weighted by molar-refractivity contribution is 0.0526. The van der Waals surface area contributed by atoms with Crippen molar-refractivity contribution in [3.05, 3.63) is 76.2 Å². The number of fused-ring (bicyclic) bond motifs is 1. The first-order valence-corrected chi connectivity index (χ1v) is 11.6. The minimum atomic E-state index is -0.378. The standard InChI is InChI=1S/C25H26N2O4S/c1-3-27-15-14-20-21(16-27)32-24(22(20)25(29)30-4-2)26-23(28)17-10-12-19(13-11-17)31-18-8-6-5-7-9-18/h5-13H,3-4,14-16H2,1-2H3,(H,26,28). The van der Waals surface area contributed by atoms with Crippen LogP contribution in [0.3, 0.4) is 0 Å². The van der Waals surface area contributed by atoms with Gasteiger partial charge >= 0.3 is 5.97 Å². The summed E-state index contributed by atoms with van der Waals surface area (Å²) >= 11 is 1.46. The Labute approximate surface area is 191 Å². The normalized spacial score (nSPS) is 13.3. The molecule has 1 aliphatic heterocycles. The molecule has 7 heteroatoms. The summed E-state index contributed by atoms with van der Waals surface area (Å²) in [5.41, 5.74) is 1.99. The zero-order valence-electron chi connectivity index (χ0n) is 18.2. The van der Waals surface area contributed by atoms with Gasteiger partial charge < -0.3 is 14.8 Å². The predicted molar refractivity (Wildman–Crippen MR) is 126 cm³/mol. The van der Waals surface area contributed by atoms with Gasteiger partial charge in [-0.2, -0.15) is 0 Å². The molecule has 0 aliphatic carbocycles. The second-order valence-corrected chi connectivity index (χ2v) is 8.55. The average Bonchev–Trinajstić information content (AvgIpc) is 3.17. The van der Waals surface area contributed by atoms with Crippen LogP contribution in [0, 0.1) is 0 Å². The number of hydrogen-bond acceptors (Lipinski definition) is 6. The molecular formula is C25H26N2O4S. The van der Waals surface area contributed by atoms with Crippen molar-refractivity contribution in [3.63, 3.8) is 0 Å². The molecule has 3 aromatic rings. The van der Waals surface area contributed by atoms with Crippen LogP contribution in [0.2, 0.25) is 0 Å². The van der Waals surface area contributed by atoms with E-state index >= 15 is 0 Å². The lowest BCUT2D eigenvalue weighted by Gasteiger charge is -2.25. The van der Waals surface area contributed by atoms with Gasteiger partial charge in [-0.25, -0.2) is 4.79 Å². The third-order valence-corrected chi connectivity index (χ3v) is 6.52. The predicted octanol–water partition coefficient (Wildman–Crippen LogP) is 5.35. The molecule has 32 heavy (non-hydrogen) atoms. The third-order valence-electron chi connectivity index (χ3n) is 5.39. The number of benzene rings is 2. The van der Waals surface area contributed by atoms with Gasteiger partial charge in [-0.15, -0.1) is 11.3 Å². The molecule has 2 aromatic carbocycles. The molecular weight excluding hydrogens is 424 g/mol. The van der Waals surface area contributed by atoms with E-state index in [0.29, 0.717) is 28.5 Å². The molecule has 0 unspecified atom stereocenters. The molecule has 0 spiro atoms. The quantitative estimate of drug-likeness (QED) is 0.492. The van der Waals surface area contributed by atoms with Crippen molar-refractivity contribution >= 4 is 28.2 Å². The van der Waals surface area contributed by atoms with Crippen LogP contribution in [-0.2, 0) is 17.7 Å². The van der Waals surface area contributed by atoms with E-state index in [2.05, 4.69) is 17.1 Å². The number of amides is 1. The third kappa shape index (κ3) is 4.84. The number of nitrogens with zero attached hydrogens (tertiary/aromatic N) is 1. The molecule has 0 saturated carbocycles. The van der Waals surface area contributed by atoms with Crippen molar-refractivity contribution in [2.24, 2.45) is 0 Å². The Hall–Kier alpha value is -3.16. The number of hydrogen-bond donors (Lipinski definition) is 1. The maximum absolute atomic E-state index is 12.9. The summed E-state index contributed by atoms with van der Waals surface area (Å²) in [6.07, 6.45) is 0.773. The van der Waals surface area contributed by atoms with Crippen LogP contribution >= 0.6 is 11.3 Å². The monoisotopic (exact) mass is 450 g/mol. The molecule has 2 heterocycles. The van der Waals surface area contributed by atoms with E-state index in [1.54, 1.807) is 31.2 Å². The maximum Gasteiger partial charge on any atom is 0.341 e. The smallest absolute Gasteiger partial charge is 0.341 e. The zero-order chi connectivity index (χ0) is 22.5. The number of carbonyl (C=O) groups excluding carboxylic acids is 2. The van der Waals surface area contributed by atoms with E-state index in [-0.39, 0.29) is 11.9 Å². The number of thiophene rings is 1. The molecule has 1 N–H and O–H groups in total. The van der Waals surface area contributed by atoms with Crippen LogP contribution in [0.4, 0.5) is 5.00 Å². The number of esters is 1. The first-order valence-electron chi connectivity index (χ1n) is 10.8. The SMILES string of the molecule is CCOC(=O)c1c(NC(=O)c2ccc(Oc3ccccc3)cc2)sc2c1CCN(CC)C2. The summed E-state index contributed by atoms with van der Waals surface area (Å²) in [4.78, 5) is 29.1. The lowest BCUT2D eigenvalue weighted by Crippen LogP contribution is -2.30. The van der Waals surface area contributed by atoms with Gasteiger partial charge in [-0.3, -0.25) is 9.69 Å². The first kappa shape index (κ1) is 22.0. The maximum atomic E-state index is 12.9. The molecule has 0 bridgehead atoms. The summed E-state index contributed by atoms with van der Waals surface area (Å²) in [5, 5.41) is 3.50. The Bertz CT molecular complexity index is 1090. The minimum Gasteiger partial charge on any atom is -0.462 e. The van der Waals surface area contributed by atoms with Crippen LogP contribution in [0.15, 0.2) is 54.6 Å². The molecule has 1 aliphatic rings. The number of carbonyl (C=O) groups is 2. The van der Waals surface area contributed by atoms with E-state index < -0.39 is 0 Å². The number of ether oxygens (including phenoxy) is 2. The average molecular weight is 451 g/mol. The van der Waals surface area contributed by atoms with E-state index in [0.717, 1.165) is 42.2 Å². The molecule has 0 fully saturated rings. The molecule has 166 valence electrons. The first-order chi connectivity index (χ1) is 15.6. The van der Waals surface area contributed by atoms with Crippen molar-refractivity contribution in [2.75, 3.05) is 25.0 Å². The Morgan fingerprint density at radius 2 is 1.75 bits per heavy atom. The highest BCUT2D eigenvalue weighted by Crippen LogP contribution is 2.38. The van der Waals surface area contributed by atoms with Crippen LogP contribution in [0.25, 0.3) is 0 Å². The number of likely N-dealkylation sites (N-methyl/N-ethyl adjacent to an activating group) is 1. The molecule has 0 saturated heterocycles. The van der Waals surface area contributed by atoms with Gasteiger partial charge in [-0.1, -0.05) is 25.1 Å². The van der Waals surface area contributed by atoms with E-state index in [9.17, 15) is 9.59 Å². The van der Waals surface area contributed by atoms with Gasteiger partial charge in [0.25, 0.3) is 5.91 Å². The molecule has 0 radical (unpaired) electrons. The molecule has 4 rings (SSSR count). The Balaban J connectivity index is 1.53. The Morgan fingerprint density at radius 1 is 1.03 bits per heavy atom. The van der Waals surface area contributed by atoms with Gasteiger partial charge in [-0.05, 0) is 61.9 Å². The van der Waals surface area contributed by atoms with Gasteiger partial charge in [0.2, 0.25) is 0 Å². The molecule has 1 amide bonds. The highest BCUT2D eigenvalue weighted by molar-refractivity contribution is 7.17. The number of rotatable bonds is 7. The van der Waals surface area contributed by atoms with Crippen molar-refractivity contribution in [2.45, 2.75) is 26.8 Å². The number of para-hydroxylation sites is 1. The van der Waals surface area contributed by atoms with Crippen molar-refractivity contribution < 1.29 is 19.1 Å². The summed E-state index contributed by atoms with van der Waals surface area (Å²) in [5.74, 6) is 0.727. The van der Waals surface area contributed by atoms with E-state index in [1.165, 1.54) is 11.3 Å². The largest absolute Gasteiger partial charge is 0.462 e. The summed E-state index contributed by atoms with van der Waals surface area (Å²) in [7, 11) is 0. The molecule has 1 aromatic heterocycles. The van der Waals surface area contributed by atoms with Crippen LogP contribution < -0.4 is 10.1 Å². The van der Waals surface area contributed by atoms with E-state index in [4.69, 9.17) is 9.47 Å². The van der Waals surface area contributed by atoms with Crippen LogP contribution in [0.1, 0.15) is 45.0 Å². The van der Waals surface area contributed by atoms with Gasteiger partial charge in [0.15, 0.2) is 0 Å². The molecule has 0 atom stereocenters. The van der Waals surface area contributed by atoms with Crippen LogP contribution in [-0.4, -0.2) is 36.5 Å². The summed E-state index contributed by atoms with van der Waals surface area (Å²) in [6, 6.07) is 16.4. The second-order valence-electron chi connectivity index (χ2n) is 7.44. The van der Waals surface area contributed by atoms with Crippen LogP contribution in [0.5, 0.6) is 11.5 Å². The fourth-order valence-corrected chi connectivity index (χ4v) is 4.98. The van der Waals surface area contributed by atoms with E-state index in [1.807, 2.05) is 30.3 Å². The van der Waals surface area contributed by atoms with Crippen molar-refractivity contribution in [1.82, 2.24) is 4.90 Å². The van der Waals surface area contributed by atoms with Crippen molar-refractivity contribution in [1.29, 1.82) is 0 Å². The number of nitrogens with one attached hydrogen (secondary N) is 1. The minimum absolute atomic E-state index is 0.271.